The van der Waals surface area contributed by atoms with E-state index < -0.39 is 26.4 Å². The van der Waals surface area contributed by atoms with Gasteiger partial charge in [0.1, 0.15) is 26.4 Å². The molecule has 1 aromatic rings. The first-order chi connectivity index (χ1) is 12.1. The third-order valence-electron chi connectivity index (χ3n) is 5.04. The Morgan fingerprint density at radius 2 is 1.80 bits per heavy atom. The summed E-state index contributed by atoms with van der Waals surface area (Å²) in [4.78, 5) is 0. The Balaban J connectivity index is 1.99. The SMILES string of the molecule is CC[Si](C#CC#C[C@@H]1OC[C@@H](O)[C@@H]1OCc1ccccc1)(CC)CC. The van der Waals surface area contributed by atoms with Crippen LogP contribution in [0.15, 0.2) is 30.3 Å². The molecule has 0 saturated carbocycles. The Hall–Kier alpha value is -1.56. The van der Waals surface area contributed by atoms with Crippen LogP contribution in [0, 0.1) is 23.3 Å². The molecule has 1 aliphatic rings. The van der Waals surface area contributed by atoms with Gasteiger partial charge in [-0.2, -0.15) is 0 Å². The van der Waals surface area contributed by atoms with Crippen molar-refractivity contribution in [1.29, 1.82) is 0 Å². The highest BCUT2D eigenvalue weighted by atomic mass is 28.3. The van der Waals surface area contributed by atoms with Crippen LogP contribution in [-0.4, -0.2) is 38.1 Å². The molecular weight excluding hydrogens is 328 g/mol. The predicted molar refractivity (Wildman–Crippen MR) is 104 cm³/mol. The highest BCUT2D eigenvalue weighted by Crippen LogP contribution is 2.20. The van der Waals surface area contributed by atoms with E-state index in [9.17, 15) is 5.11 Å². The van der Waals surface area contributed by atoms with E-state index in [4.69, 9.17) is 9.47 Å². The van der Waals surface area contributed by atoms with E-state index in [-0.39, 0.29) is 6.61 Å². The fraction of sp³-hybridized carbons (Fsp3) is 0.524. The van der Waals surface area contributed by atoms with Crippen molar-refractivity contribution in [2.24, 2.45) is 0 Å². The van der Waals surface area contributed by atoms with Crippen LogP contribution in [-0.2, 0) is 16.1 Å². The first-order valence-electron chi connectivity index (χ1n) is 9.12. The van der Waals surface area contributed by atoms with Crippen LogP contribution in [0.4, 0.5) is 0 Å². The summed E-state index contributed by atoms with van der Waals surface area (Å²) in [5.74, 6) is 9.02. The van der Waals surface area contributed by atoms with Gasteiger partial charge in [0.2, 0.25) is 0 Å². The van der Waals surface area contributed by atoms with Crippen molar-refractivity contribution in [3.8, 4) is 23.3 Å². The number of hydrogen-bond acceptors (Lipinski definition) is 3. The summed E-state index contributed by atoms with van der Waals surface area (Å²) in [5, 5.41) is 10.1. The lowest BCUT2D eigenvalue weighted by molar-refractivity contribution is -0.0317. The molecule has 0 radical (unpaired) electrons. The lowest BCUT2D eigenvalue weighted by atomic mass is 10.1. The van der Waals surface area contributed by atoms with Gasteiger partial charge < -0.3 is 14.6 Å². The number of hydrogen-bond donors (Lipinski definition) is 1. The van der Waals surface area contributed by atoms with Gasteiger partial charge in [0.05, 0.1) is 13.2 Å². The smallest absolute Gasteiger partial charge is 0.148 e. The van der Waals surface area contributed by atoms with Gasteiger partial charge in [0.25, 0.3) is 0 Å². The third kappa shape index (κ3) is 5.46. The monoisotopic (exact) mass is 356 g/mol. The zero-order chi connectivity index (χ0) is 18.1. The van der Waals surface area contributed by atoms with Crippen molar-refractivity contribution in [2.45, 2.75) is 63.8 Å². The topological polar surface area (TPSA) is 38.7 Å². The highest BCUT2D eigenvalue weighted by Gasteiger charge is 2.36. The van der Waals surface area contributed by atoms with Crippen LogP contribution in [0.3, 0.4) is 0 Å². The molecule has 1 aromatic carbocycles. The fourth-order valence-electron chi connectivity index (χ4n) is 2.97. The van der Waals surface area contributed by atoms with Gasteiger partial charge in [0.15, 0.2) is 0 Å². The number of ether oxygens (including phenoxy) is 2. The van der Waals surface area contributed by atoms with Crippen molar-refractivity contribution >= 4 is 8.07 Å². The van der Waals surface area contributed by atoms with E-state index in [1.165, 1.54) is 0 Å². The van der Waals surface area contributed by atoms with E-state index in [0.717, 1.165) is 23.7 Å². The van der Waals surface area contributed by atoms with Crippen molar-refractivity contribution in [2.75, 3.05) is 6.61 Å². The molecule has 1 aliphatic heterocycles. The number of rotatable bonds is 6. The Kier molecular flexibility index (Phi) is 7.74. The lowest BCUT2D eigenvalue weighted by Gasteiger charge is -2.19. The Labute approximate surface area is 152 Å². The van der Waals surface area contributed by atoms with Gasteiger partial charge >= 0.3 is 0 Å². The van der Waals surface area contributed by atoms with Gasteiger partial charge in [-0.05, 0) is 35.5 Å². The maximum atomic E-state index is 10.1. The minimum atomic E-state index is -1.47. The van der Waals surface area contributed by atoms with Crippen LogP contribution in [0.2, 0.25) is 18.1 Å². The van der Waals surface area contributed by atoms with E-state index in [2.05, 4.69) is 44.1 Å². The molecule has 0 aromatic heterocycles. The molecule has 1 saturated heterocycles. The van der Waals surface area contributed by atoms with Gasteiger partial charge in [-0.3, -0.25) is 0 Å². The quantitative estimate of drug-likeness (QED) is 0.627. The Morgan fingerprint density at radius 1 is 1.12 bits per heavy atom. The number of benzene rings is 1. The standard InChI is InChI=1S/C21H28O3Si/c1-4-25(5-2,6-3)15-11-10-14-20-21(19(22)17-23-20)24-16-18-12-8-7-9-13-18/h7-9,12-13,19-22H,4-6,16-17H2,1-3H3/t19-,20+,21+/m1/s1. The molecule has 4 heteroatoms. The zero-order valence-electron chi connectivity index (χ0n) is 15.4. The second kappa shape index (κ2) is 9.80. The summed E-state index contributed by atoms with van der Waals surface area (Å²) in [6.45, 7) is 7.37. The molecule has 0 unspecified atom stereocenters. The maximum Gasteiger partial charge on any atom is 0.148 e. The molecular formula is C21H28O3Si. The maximum absolute atomic E-state index is 10.1. The van der Waals surface area contributed by atoms with Crippen LogP contribution < -0.4 is 0 Å². The van der Waals surface area contributed by atoms with Crippen molar-refractivity contribution in [3.63, 3.8) is 0 Å². The highest BCUT2D eigenvalue weighted by molar-refractivity contribution is 6.87. The van der Waals surface area contributed by atoms with E-state index >= 15 is 0 Å². The largest absolute Gasteiger partial charge is 0.388 e. The minimum absolute atomic E-state index is 0.254. The fourth-order valence-corrected chi connectivity index (χ4v) is 5.33. The van der Waals surface area contributed by atoms with E-state index in [1.54, 1.807) is 0 Å². The molecule has 1 heterocycles. The summed E-state index contributed by atoms with van der Waals surface area (Å²) in [7, 11) is -1.47. The molecule has 134 valence electrons. The number of aliphatic hydroxyl groups excluding tert-OH is 1. The average molecular weight is 357 g/mol. The molecule has 0 bridgehead atoms. The van der Waals surface area contributed by atoms with E-state index in [1.807, 2.05) is 30.3 Å². The van der Waals surface area contributed by atoms with Crippen LogP contribution in [0.25, 0.3) is 0 Å². The average Bonchev–Trinajstić information content (AvgIpc) is 3.01. The van der Waals surface area contributed by atoms with Crippen molar-refractivity contribution in [3.05, 3.63) is 35.9 Å². The first kappa shape index (κ1) is 19.8. The van der Waals surface area contributed by atoms with Gasteiger partial charge in [0, 0.05) is 0 Å². The molecule has 0 spiro atoms. The molecule has 1 fully saturated rings. The molecule has 1 N–H and O–H groups in total. The summed E-state index contributed by atoms with van der Waals surface area (Å²) in [6, 6.07) is 13.4. The molecule has 3 nitrogen and oxygen atoms in total. The minimum Gasteiger partial charge on any atom is -0.388 e. The van der Waals surface area contributed by atoms with Crippen LogP contribution >= 0.6 is 0 Å². The zero-order valence-corrected chi connectivity index (χ0v) is 16.4. The molecule has 0 amide bonds. The second-order valence-electron chi connectivity index (χ2n) is 6.44. The van der Waals surface area contributed by atoms with E-state index in [0.29, 0.717) is 6.61 Å². The lowest BCUT2D eigenvalue weighted by Crippen LogP contribution is -2.32. The number of aliphatic hydroxyl groups is 1. The van der Waals surface area contributed by atoms with Gasteiger partial charge in [-0.1, -0.05) is 57.0 Å². The summed E-state index contributed by atoms with van der Waals surface area (Å²) < 4.78 is 11.4. The Bertz CT molecular complexity index is 638. The van der Waals surface area contributed by atoms with Crippen molar-refractivity contribution in [1.82, 2.24) is 0 Å². The van der Waals surface area contributed by atoms with Crippen LogP contribution in [0.1, 0.15) is 26.3 Å². The van der Waals surface area contributed by atoms with Gasteiger partial charge in [-0.15, -0.1) is 5.54 Å². The normalized spacial score (nSPS) is 22.6. The van der Waals surface area contributed by atoms with Crippen molar-refractivity contribution < 1.29 is 14.6 Å². The first-order valence-corrected chi connectivity index (χ1v) is 11.7. The van der Waals surface area contributed by atoms with Gasteiger partial charge in [-0.25, -0.2) is 0 Å². The second-order valence-corrected chi connectivity index (χ2v) is 11.4. The summed E-state index contributed by atoms with van der Waals surface area (Å²) in [6.07, 6.45) is -1.50. The summed E-state index contributed by atoms with van der Waals surface area (Å²) >= 11 is 0. The molecule has 3 atom stereocenters. The molecule has 2 rings (SSSR count). The van der Waals surface area contributed by atoms with Crippen LogP contribution in [0.5, 0.6) is 0 Å². The third-order valence-corrected chi connectivity index (χ3v) is 9.76. The summed E-state index contributed by atoms with van der Waals surface area (Å²) in [5.41, 5.74) is 4.51. The molecule has 0 aliphatic carbocycles. The molecule has 25 heavy (non-hydrogen) atoms. The predicted octanol–water partition coefficient (Wildman–Crippen LogP) is 3.39. The Morgan fingerprint density at radius 3 is 2.44 bits per heavy atom.